The van der Waals surface area contributed by atoms with Crippen LogP contribution >= 0.6 is 0 Å². The van der Waals surface area contributed by atoms with Gasteiger partial charge in [-0.3, -0.25) is 9.59 Å². The number of aromatic nitrogens is 3. The molecular formula is C28H25F3N6O4. The highest BCUT2D eigenvalue weighted by atomic mass is 19.4. The normalized spacial score (nSPS) is 20.2. The molecule has 2 amide bonds. The van der Waals surface area contributed by atoms with E-state index in [1.807, 2.05) is 13.0 Å². The maximum absolute atomic E-state index is 13.7. The molecular weight excluding hydrogens is 541 g/mol. The molecule has 1 aliphatic carbocycles. The first-order valence-electron chi connectivity index (χ1n) is 13.1. The number of rotatable bonds is 6. The van der Waals surface area contributed by atoms with Gasteiger partial charge in [0.2, 0.25) is 0 Å². The predicted molar refractivity (Wildman–Crippen MR) is 137 cm³/mol. The number of halogens is 3. The Balaban J connectivity index is 1.37. The standard InChI is InChI=1S/C28H25F3N6O4/c1-16-2-5-21(33-12-16)37-23(25(39)34-14-26(13-32)6-7-26)22-19(36-37)11-27(35-24(22)38)8-9-40-20-10-17(3-4-18(20)27)41-15-28(29,30)31/h2-5,10,12H,6-9,11,14-15H2,1H3,(H,34,39)(H,35,38)/t27-/m0/s1. The molecule has 13 heteroatoms. The fourth-order valence-corrected chi connectivity index (χ4v) is 5.26. The fourth-order valence-electron chi connectivity index (χ4n) is 5.26. The Morgan fingerprint density at radius 1 is 1.27 bits per heavy atom. The van der Waals surface area contributed by atoms with Gasteiger partial charge >= 0.3 is 6.18 Å². The van der Waals surface area contributed by atoms with Crippen LogP contribution in [0.3, 0.4) is 0 Å². The van der Waals surface area contributed by atoms with E-state index in [0.29, 0.717) is 42.1 Å². The Morgan fingerprint density at radius 3 is 2.76 bits per heavy atom. The van der Waals surface area contributed by atoms with E-state index in [-0.39, 0.29) is 36.6 Å². The van der Waals surface area contributed by atoms with Crippen molar-refractivity contribution < 1.29 is 32.2 Å². The zero-order valence-corrected chi connectivity index (χ0v) is 22.0. The van der Waals surface area contributed by atoms with Gasteiger partial charge in [0, 0.05) is 37.2 Å². The van der Waals surface area contributed by atoms with Gasteiger partial charge in [-0.15, -0.1) is 0 Å². The number of benzene rings is 1. The van der Waals surface area contributed by atoms with Gasteiger partial charge in [-0.1, -0.05) is 6.07 Å². The highest BCUT2D eigenvalue weighted by Gasteiger charge is 2.48. The van der Waals surface area contributed by atoms with Gasteiger partial charge in [-0.05, 0) is 43.5 Å². The number of pyridine rings is 1. The number of fused-ring (bicyclic) bond motifs is 3. The molecule has 0 unspecified atom stereocenters. The van der Waals surface area contributed by atoms with Gasteiger partial charge in [0.25, 0.3) is 11.8 Å². The summed E-state index contributed by atoms with van der Waals surface area (Å²) in [7, 11) is 0. The molecule has 0 bridgehead atoms. The summed E-state index contributed by atoms with van der Waals surface area (Å²) in [6.45, 7) is 0.768. The molecule has 4 heterocycles. The van der Waals surface area contributed by atoms with Crippen LogP contribution in [0.4, 0.5) is 13.2 Å². The van der Waals surface area contributed by atoms with Crippen LogP contribution in [0.1, 0.15) is 56.9 Å². The average molecular weight is 567 g/mol. The van der Waals surface area contributed by atoms with Crippen LogP contribution in [0.25, 0.3) is 5.82 Å². The van der Waals surface area contributed by atoms with Gasteiger partial charge in [0.15, 0.2) is 12.4 Å². The number of carbonyl (C=O) groups is 2. The Kier molecular flexibility index (Phi) is 6.17. The average Bonchev–Trinajstić information content (AvgIpc) is 3.62. The number of nitrogens with one attached hydrogen (secondary N) is 2. The molecule has 212 valence electrons. The van der Waals surface area contributed by atoms with Gasteiger partial charge < -0.3 is 20.1 Å². The number of amides is 2. The first kappa shape index (κ1) is 26.6. The van der Waals surface area contributed by atoms with Gasteiger partial charge in [0.05, 0.1) is 34.9 Å². The smallest absolute Gasteiger partial charge is 0.422 e. The molecule has 1 fully saturated rings. The SMILES string of the molecule is Cc1ccc(-n2nc3c(c2C(=O)NCC2(C#N)CC2)C(=O)N[C@@]2(CCOc4cc(OCC(F)(F)F)ccc42)C3)nc1. The second kappa shape index (κ2) is 9.50. The zero-order chi connectivity index (χ0) is 29.0. The molecule has 1 saturated carbocycles. The number of nitrogens with zero attached hydrogens (tertiary/aromatic N) is 4. The molecule has 6 rings (SSSR count). The molecule has 41 heavy (non-hydrogen) atoms. The Labute approximate surface area is 232 Å². The predicted octanol–water partition coefficient (Wildman–Crippen LogP) is 3.51. The third kappa shape index (κ3) is 4.94. The molecule has 1 spiro atoms. The molecule has 2 N–H and O–H groups in total. The summed E-state index contributed by atoms with van der Waals surface area (Å²) in [4.78, 5) is 31.6. The minimum absolute atomic E-state index is 0.0135. The van der Waals surface area contributed by atoms with Crippen molar-refractivity contribution in [1.29, 1.82) is 5.26 Å². The molecule has 10 nitrogen and oxygen atoms in total. The number of ether oxygens (including phenoxy) is 2. The third-order valence-corrected chi connectivity index (χ3v) is 7.67. The highest BCUT2D eigenvalue weighted by molar-refractivity contribution is 6.08. The summed E-state index contributed by atoms with van der Waals surface area (Å²) in [6.07, 6.45) is -0.914. The second-order valence-electron chi connectivity index (χ2n) is 10.7. The Morgan fingerprint density at radius 2 is 2.07 bits per heavy atom. The highest BCUT2D eigenvalue weighted by Crippen LogP contribution is 2.45. The second-order valence-corrected chi connectivity index (χ2v) is 10.7. The van der Waals surface area contributed by atoms with Crippen molar-refractivity contribution in [2.24, 2.45) is 5.41 Å². The summed E-state index contributed by atoms with van der Waals surface area (Å²) >= 11 is 0. The molecule has 3 aliphatic rings. The summed E-state index contributed by atoms with van der Waals surface area (Å²) in [5, 5.41) is 20.0. The summed E-state index contributed by atoms with van der Waals surface area (Å²) < 4.78 is 49.9. The number of alkyl halides is 3. The number of aryl methyl sites for hydroxylation is 1. The Bertz CT molecular complexity index is 1590. The van der Waals surface area contributed by atoms with E-state index in [4.69, 9.17) is 9.47 Å². The van der Waals surface area contributed by atoms with Gasteiger partial charge in [0.1, 0.15) is 17.2 Å². The first-order chi connectivity index (χ1) is 19.5. The molecule has 1 atom stereocenters. The number of carbonyl (C=O) groups excluding carboxylic acids is 2. The van der Waals surface area contributed by atoms with E-state index in [1.165, 1.54) is 16.8 Å². The lowest BCUT2D eigenvalue weighted by Crippen LogP contribution is -2.53. The van der Waals surface area contributed by atoms with Gasteiger partial charge in [-0.2, -0.15) is 23.5 Å². The maximum Gasteiger partial charge on any atom is 0.422 e. The largest absolute Gasteiger partial charge is 0.493 e. The van der Waals surface area contributed by atoms with Crippen molar-refractivity contribution in [3.8, 4) is 23.4 Å². The number of hydrogen-bond acceptors (Lipinski definition) is 7. The Hall–Kier alpha value is -4.60. The van der Waals surface area contributed by atoms with E-state index < -0.39 is 35.6 Å². The first-order valence-corrected chi connectivity index (χ1v) is 13.1. The van der Waals surface area contributed by atoms with Crippen LogP contribution in [-0.4, -0.2) is 52.5 Å². The molecule has 2 aliphatic heterocycles. The minimum atomic E-state index is -4.49. The van der Waals surface area contributed by atoms with Crippen molar-refractivity contribution in [1.82, 2.24) is 25.4 Å². The summed E-state index contributed by atoms with van der Waals surface area (Å²) in [5.41, 5.74) is 0.399. The topological polar surface area (TPSA) is 131 Å². The van der Waals surface area contributed by atoms with Crippen LogP contribution in [0.15, 0.2) is 36.5 Å². The van der Waals surface area contributed by atoms with E-state index >= 15 is 0 Å². The maximum atomic E-state index is 13.7. The van der Waals surface area contributed by atoms with E-state index in [9.17, 15) is 28.0 Å². The molecule has 0 radical (unpaired) electrons. The zero-order valence-electron chi connectivity index (χ0n) is 22.0. The quantitative estimate of drug-likeness (QED) is 0.467. The lowest BCUT2D eigenvalue weighted by Gasteiger charge is -2.41. The van der Waals surface area contributed by atoms with Crippen molar-refractivity contribution in [3.63, 3.8) is 0 Å². The van der Waals surface area contributed by atoms with Crippen molar-refractivity contribution in [3.05, 3.63) is 64.6 Å². The van der Waals surface area contributed by atoms with Crippen molar-refractivity contribution in [2.75, 3.05) is 19.8 Å². The van der Waals surface area contributed by atoms with Gasteiger partial charge in [-0.25, -0.2) is 9.67 Å². The van der Waals surface area contributed by atoms with Crippen LogP contribution in [-0.2, 0) is 12.0 Å². The molecule has 1 aromatic carbocycles. The van der Waals surface area contributed by atoms with E-state index in [2.05, 4.69) is 26.8 Å². The van der Waals surface area contributed by atoms with Crippen LogP contribution in [0.5, 0.6) is 11.5 Å². The summed E-state index contributed by atoms with van der Waals surface area (Å²) in [5.74, 6) is -0.449. The molecule has 0 saturated heterocycles. The molecule has 2 aromatic heterocycles. The van der Waals surface area contributed by atoms with Crippen molar-refractivity contribution >= 4 is 11.8 Å². The van der Waals surface area contributed by atoms with E-state index in [0.717, 1.165) is 5.56 Å². The lowest BCUT2D eigenvalue weighted by molar-refractivity contribution is -0.153. The minimum Gasteiger partial charge on any atom is -0.493 e. The fraction of sp³-hybridized carbons (Fsp3) is 0.393. The lowest BCUT2D eigenvalue weighted by atomic mass is 9.77. The van der Waals surface area contributed by atoms with Crippen LogP contribution in [0.2, 0.25) is 0 Å². The van der Waals surface area contributed by atoms with Crippen LogP contribution < -0.4 is 20.1 Å². The summed E-state index contributed by atoms with van der Waals surface area (Å²) in [6, 6.07) is 10.1. The molecule has 3 aromatic rings. The van der Waals surface area contributed by atoms with Crippen molar-refractivity contribution in [2.45, 2.75) is 44.3 Å². The monoisotopic (exact) mass is 566 g/mol. The number of hydrogen-bond donors (Lipinski definition) is 2. The van der Waals surface area contributed by atoms with E-state index in [1.54, 1.807) is 18.3 Å². The number of nitriles is 1. The third-order valence-electron chi connectivity index (χ3n) is 7.67. The van der Waals surface area contributed by atoms with Crippen LogP contribution in [0, 0.1) is 23.7 Å².